The largest absolute Gasteiger partial charge is 0.356 e. The Hall–Kier alpha value is -3.47. The van der Waals surface area contributed by atoms with E-state index >= 15 is 0 Å². The number of hydrogen-bond acceptors (Lipinski definition) is 2. The molecule has 0 aliphatic rings. The van der Waals surface area contributed by atoms with Crippen LogP contribution in [-0.2, 0) is 17.8 Å². The second-order valence-corrected chi connectivity index (χ2v) is 7.13. The first kappa shape index (κ1) is 21.2. The number of aryl methyl sites for hydroxylation is 1. The first-order valence-electron chi connectivity index (χ1n) is 9.95. The van der Waals surface area contributed by atoms with Crippen LogP contribution >= 0.6 is 0 Å². The molecule has 154 valence electrons. The maximum atomic E-state index is 13.4. The molecular formula is C25H25FN2O2. The van der Waals surface area contributed by atoms with Gasteiger partial charge in [0.2, 0.25) is 5.91 Å². The Bertz CT molecular complexity index is 1030. The van der Waals surface area contributed by atoms with Crippen molar-refractivity contribution < 1.29 is 14.0 Å². The highest BCUT2D eigenvalue weighted by Crippen LogP contribution is 2.23. The molecule has 0 aromatic heterocycles. The highest BCUT2D eigenvalue weighted by molar-refractivity contribution is 6.07. The minimum atomic E-state index is -0.320. The zero-order valence-electron chi connectivity index (χ0n) is 17.2. The summed E-state index contributed by atoms with van der Waals surface area (Å²) in [4.78, 5) is 27.1. The number of anilines is 1. The number of nitrogens with zero attached hydrogens (tertiary/aromatic N) is 1. The van der Waals surface area contributed by atoms with Crippen LogP contribution in [0.2, 0.25) is 0 Å². The standard InChI is InChI=1S/C25H25FN2O2/c1-3-27-24(29)16-20-8-6-9-22(15-20)28(17-19-11-13-21(26)14-12-19)25(30)23-10-5-4-7-18(23)2/h4-15H,3,16-17H2,1-2H3,(H,27,29). The lowest BCUT2D eigenvalue weighted by Gasteiger charge is -2.24. The molecule has 1 N–H and O–H groups in total. The molecule has 0 radical (unpaired) electrons. The van der Waals surface area contributed by atoms with Gasteiger partial charge < -0.3 is 10.2 Å². The van der Waals surface area contributed by atoms with E-state index in [0.717, 1.165) is 16.7 Å². The number of nitrogens with one attached hydrogen (secondary N) is 1. The molecular weight excluding hydrogens is 379 g/mol. The van der Waals surface area contributed by atoms with E-state index in [1.807, 2.05) is 56.3 Å². The number of likely N-dealkylation sites (N-methyl/N-ethyl adjacent to an activating group) is 1. The van der Waals surface area contributed by atoms with Gasteiger partial charge in [-0.2, -0.15) is 0 Å². The first-order valence-corrected chi connectivity index (χ1v) is 9.95. The van der Waals surface area contributed by atoms with Gasteiger partial charge in [-0.15, -0.1) is 0 Å². The van der Waals surface area contributed by atoms with Gasteiger partial charge in [-0.05, 0) is 60.9 Å². The molecule has 3 aromatic carbocycles. The number of carbonyl (C=O) groups is 2. The Morgan fingerprint density at radius 2 is 1.67 bits per heavy atom. The Balaban J connectivity index is 1.96. The van der Waals surface area contributed by atoms with Crippen molar-refractivity contribution in [2.45, 2.75) is 26.8 Å². The van der Waals surface area contributed by atoms with E-state index in [-0.39, 0.29) is 30.6 Å². The minimum absolute atomic E-state index is 0.0648. The van der Waals surface area contributed by atoms with E-state index < -0.39 is 0 Å². The van der Waals surface area contributed by atoms with Crippen LogP contribution in [0, 0.1) is 12.7 Å². The third-order valence-electron chi connectivity index (χ3n) is 4.84. The molecule has 0 unspecified atom stereocenters. The fraction of sp³-hybridized carbons (Fsp3) is 0.200. The molecule has 3 rings (SSSR count). The molecule has 4 nitrogen and oxygen atoms in total. The van der Waals surface area contributed by atoms with Gasteiger partial charge in [0.15, 0.2) is 0 Å². The Kier molecular flexibility index (Phi) is 6.96. The second kappa shape index (κ2) is 9.83. The summed E-state index contributed by atoms with van der Waals surface area (Å²) in [6, 6.07) is 21.0. The smallest absolute Gasteiger partial charge is 0.258 e. The van der Waals surface area contributed by atoms with Crippen LogP contribution in [0.15, 0.2) is 72.8 Å². The molecule has 30 heavy (non-hydrogen) atoms. The van der Waals surface area contributed by atoms with E-state index in [1.54, 1.807) is 23.1 Å². The molecule has 0 aliphatic heterocycles. The molecule has 0 spiro atoms. The first-order chi connectivity index (χ1) is 14.5. The second-order valence-electron chi connectivity index (χ2n) is 7.13. The van der Waals surface area contributed by atoms with Gasteiger partial charge in [0.25, 0.3) is 5.91 Å². The van der Waals surface area contributed by atoms with Crippen LogP contribution in [0.4, 0.5) is 10.1 Å². The van der Waals surface area contributed by atoms with E-state index in [0.29, 0.717) is 17.8 Å². The molecule has 0 heterocycles. The zero-order valence-corrected chi connectivity index (χ0v) is 17.2. The summed E-state index contributed by atoms with van der Waals surface area (Å²) in [5.74, 6) is -0.531. The fourth-order valence-corrected chi connectivity index (χ4v) is 3.29. The Labute approximate surface area is 176 Å². The molecule has 2 amide bonds. The van der Waals surface area contributed by atoms with Crippen LogP contribution in [-0.4, -0.2) is 18.4 Å². The SMILES string of the molecule is CCNC(=O)Cc1cccc(N(Cc2ccc(F)cc2)C(=O)c2ccccc2C)c1. The maximum Gasteiger partial charge on any atom is 0.258 e. The monoisotopic (exact) mass is 404 g/mol. The van der Waals surface area contributed by atoms with Crippen LogP contribution < -0.4 is 10.2 Å². The summed E-state index contributed by atoms with van der Waals surface area (Å²) in [7, 11) is 0. The summed E-state index contributed by atoms with van der Waals surface area (Å²) in [6.07, 6.45) is 0.241. The maximum absolute atomic E-state index is 13.4. The molecule has 3 aromatic rings. The summed E-state index contributed by atoms with van der Waals surface area (Å²) >= 11 is 0. The van der Waals surface area contributed by atoms with E-state index in [4.69, 9.17) is 0 Å². The van der Waals surface area contributed by atoms with Crippen molar-refractivity contribution in [3.05, 3.63) is 101 Å². The Morgan fingerprint density at radius 1 is 0.933 bits per heavy atom. The number of rotatable bonds is 7. The van der Waals surface area contributed by atoms with Crippen molar-refractivity contribution in [2.75, 3.05) is 11.4 Å². The molecule has 0 aliphatic carbocycles. The van der Waals surface area contributed by atoms with Crippen molar-refractivity contribution in [3.8, 4) is 0 Å². The topological polar surface area (TPSA) is 49.4 Å². The lowest BCUT2D eigenvalue weighted by atomic mass is 10.1. The van der Waals surface area contributed by atoms with Crippen molar-refractivity contribution in [1.82, 2.24) is 5.32 Å². The number of hydrogen-bond donors (Lipinski definition) is 1. The third kappa shape index (κ3) is 5.32. The predicted molar refractivity (Wildman–Crippen MR) is 117 cm³/mol. The summed E-state index contributed by atoms with van der Waals surface area (Å²) < 4.78 is 13.3. The third-order valence-corrected chi connectivity index (χ3v) is 4.84. The lowest BCUT2D eigenvalue weighted by Crippen LogP contribution is -2.31. The van der Waals surface area contributed by atoms with Crippen molar-refractivity contribution >= 4 is 17.5 Å². The molecule has 0 saturated heterocycles. The summed E-state index contributed by atoms with van der Waals surface area (Å²) in [5, 5.41) is 2.79. The fourth-order valence-electron chi connectivity index (χ4n) is 3.29. The molecule has 0 bridgehead atoms. The van der Waals surface area contributed by atoms with E-state index in [9.17, 15) is 14.0 Å². The molecule has 0 saturated carbocycles. The highest BCUT2D eigenvalue weighted by atomic mass is 19.1. The van der Waals surface area contributed by atoms with Gasteiger partial charge in [-0.1, -0.05) is 42.5 Å². The predicted octanol–water partition coefficient (Wildman–Crippen LogP) is 4.66. The van der Waals surface area contributed by atoms with Gasteiger partial charge in [0.05, 0.1) is 13.0 Å². The molecule has 0 fully saturated rings. The van der Waals surface area contributed by atoms with Gasteiger partial charge in [-0.25, -0.2) is 4.39 Å². The summed E-state index contributed by atoms with van der Waals surface area (Å²) in [5.41, 5.74) is 3.81. The lowest BCUT2D eigenvalue weighted by molar-refractivity contribution is -0.120. The van der Waals surface area contributed by atoms with Crippen LogP contribution in [0.5, 0.6) is 0 Å². The van der Waals surface area contributed by atoms with E-state index in [2.05, 4.69) is 5.32 Å². The van der Waals surface area contributed by atoms with E-state index in [1.165, 1.54) is 12.1 Å². The normalized spacial score (nSPS) is 10.5. The van der Waals surface area contributed by atoms with Crippen molar-refractivity contribution in [2.24, 2.45) is 0 Å². The number of amides is 2. The van der Waals surface area contributed by atoms with Crippen LogP contribution in [0.3, 0.4) is 0 Å². The number of benzene rings is 3. The van der Waals surface area contributed by atoms with Gasteiger partial charge in [0, 0.05) is 17.8 Å². The number of carbonyl (C=O) groups excluding carboxylic acids is 2. The highest BCUT2D eigenvalue weighted by Gasteiger charge is 2.20. The molecule has 0 atom stereocenters. The Morgan fingerprint density at radius 3 is 2.37 bits per heavy atom. The van der Waals surface area contributed by atoms with Gasteiger partial charge in [0.1, 0.15) is 5.82 Å². The summed E-state index contributed by atoms with van der Waals surface area (Å²) in [6.45, 7) is 4.63. The number of halogens is 1. The van der Waals surface area contributed by atoms with Crippen molar-refractivity contribution in [1.29, 1.82) is 0 Å². The minimum Gasteiger partial charge on any atom is -0.356 e. The zero-order chi connectivity index (χ0) is 21.5. The average molecular weight is 404 g/mol. The quantitative estimate of drug-likeness (QED) is 0.623. The van der Waals surface area contributed by atoms with Crippen LogP contribution in [0.1, 0.15) is 34.0 Å². The van der Waals surface area contributed by atoms with Gasteiger partial charge >= 0.3 is 0 Å². The van der Waals surface area contributed by atoms with Gasteiger partial charge in [-0.3, -0.25) is 9.59 Å². The van der Waals surface area contributed by atoms with Crippen molar-refractivity contribution in [3.63, 3.8) is 0 Å². The average Bonchev–Trinajstić information content (AvgIpc) is 2.73. The molecule has 5 heteroatoms. The van der Waals surface area contributed by atoms with Crippen LogP contribution in [0.25, 0.3) is 0 Å².